The van der Waals surface area contributed by atoms with Crippen LogP contribution in [0.1, 0.15) is 20.2 Å². The van der Waals surface area contributed by atoms with Gasteiger partial charge in [-0.05, 0) is 29.8 Å². The summed E-state index contributed by atoms with van der Waals surface area (Å²) in [5.74, 6) is -0.405. The number of aromatic nitrogens is 3. The van der Waals surface area contributed by atoms with Crippen molar-refractivity contribution in [2.24, 2.45) is 0 Å². The van der Waals surface area contributed by atoms with Crippen LogP contribution in [0, 0.1) is 0 Å². The molecule has 0 fully saturated rings. The van der Waals surface area contributed by atoms with Crippen LogP contribution in [0.2, 0.25) is 0 Å². The third-order valence-electron chi connectivity index (χ3n) is 4.23. The molecule has 0 saturated heterocycles. The maximum atomic E-state index is 12.7. The molecule has 3 aromatic rings. The van der Waals surface area contributed by atoms with Gasteiger partial charge in [0, 0.05) is 30.1 Å². The topological polar surface area (TPSA) is 135 Å². The molecule has 0 atom stereocenters. The minimum absolute atomic E-state index is 0.00821. The van der Waals surface area contributed by atoms with E-state index in [4.69, 9.17) is 8.85 Å². The second-order valence-electron chi connectivity index (χ2n) is 6.38. The van der Waals surface area contributed by atoms with Gasteiger partial charge in [0.1, 0.15) is 16.5 Å². The van der Waals surface area contributed by atoms with Crippen molar-refractivity contribution >= 4 is 32.9 Å². The molecule has 0 unspecified atom stereocenters. The zero-order valence-corrected chi connectivity index (χ0v) is 17.5. The molecule has 3 rings (SSSR count). The van der Waals surface area contributed by atoms with Gasteiger partial charge in [0.15, 0.2) is 15.5 Å². The molecule has 0 saturated carbocycles. The fraction of sp³-hybridized carbons (Fsp3) is 0.200. The van der Waals surface area contributed by atoms with Crippen molar-refractivity contribution in [3.05, 3.63) is 60.0 Å². The van der Waals surface area contributed by atoms with Crippen LogP contribution in [0.25, 0.3) is 0 Å². The molecule has 0 aliphatic rings. The van der Waals surface area contributed by atoms with Gasteiger partial charge < -0.3 is 20.7 Å². The summed E-state index contributed by atoms with van der Waals surface area (Å²) >= 11 is 0. The quantitative estimate of drug-likeness (QED) is 0.476. The summed E-state index contributed by atoms with van der Waals surface area (Å²) in [4.78, 5) is 16.6. The monoisotopic (exact) mass is 445 g/mol. The summed E-state index contributed by atoms with van der Waals surface area (Å²) in [5.41, 5.74) is 0.785. The van der Waals surface area contributed by atoms with Gasteiger partial charge in [-0.25, -0.2) is 13.4 Å². The molecule has 0 bridgehead atoms. The molecule has 2 aromatic heterocycles. The van der Waals surface area contributed by atoms with Crippen LogP contribution in [0.15, 0.2) is 53.7 Å². The number of benzene rings is 1. The maximum absolute atomic E-state index is 12.7. The molecule has 1 aromatic carbocycles. The maximum Gasteiger partial charge on any atom is 0.273 e. The Labute approximate surface area is 184 Å². The standard InChI is InChI=1S/C20H22N6O4S/c1-21-20(27)18-17(25-19-16(31(3,28)29)5-4-10-22-19)15(12-24-26-18)23-11-13-6-8-14(30-2)9-7-13/h4-10,12H,11H2,1-3H3,(H,21,27)(H,23,26)(H,22,24,25)/i1D3. The van der Waals surface area contributed by atoms with E-state index in [1.807, 2.05) is 17.4 Å². The highest BCUT2D eigenvalue weighted by Gasteiger charge is 2.21. The number of nitrogens with zero attached hydrogens (tertiary/aromatic N) is 3. The predicted octanol–water partition coefficient (Wildman–Crippen LogP) is 2.00. The number of sulfone groups is 1. The predicted molar refractivity (Wildman–Crippen MR) is 116 cm³/mol. The van der Waals surface area contributed by atoms with Crippen molar-refractivity contribution in [3.8, 4) is 5.75 Å². The number of anilines is 3. The average molecular weight is 446 g/mol. The number of ether oxygens (including phenoxy) is 1. The van der Waals surface area contributed by atoms with Gasteiger partial charge >= 0.3 is 0 Å². The van der Waals surface area contributed by atoms with Crippen molar-refractivity contribution < 1.29 is 22.1 Å². The third kappa shape index (κ3) is 5.25. The molecule has 3 N–H and O–H groups in total. The summed E-state index contributed by atoms with van der Waals surface area (Å²) < 4.78 is 51.5. The molecule has 0 aliphatic carbocycles. The fourth-order valence-corrected chi connectivity index (χ4v) is 3.49. The second-order valence-corrected chi connectivity index (χ2v) is 8.37. The van der Waals surface area contributed by atoms with Crippen LogP contribution >= 0.6 is 0 Å². The van der Waals surface area contributed by atoms with Crippen LogP contribution in [-0.4, -0.2) is 49.8 Å². The highest BCUT2D eigenvalue weighted by atomic mass is 32.2. The molecular weight excluding hydrogens is 420 g/mol. The number of hydrogen-bond donors (Lipinski definition) is 3. The van der Waals surface area contributed by atoms with Crippen molar-refractivity contribution in [3.63, 3.8) is 0 Å². The lowest BCUT2D eigenvalue weighted by atomic mass is 10.2. The summed E-state index contributed by atoms with van der Waals surface area (Å²) in [6, 6.07) is 10.0. The Kier molecular flexibility index (Phi) is 5.47. The Hall–Kier alpha value is -3.73. The Morgan fingerprint density at radius 1 is 1.23 bits per heavy atom. The van der Waals surface area contributed by atoms with E-state index in [9.17, 15) is 13.2 Å². The lowest BCUT2D eigenvalue weighted by Crippen LogP contribution is -2.22. The molecule has 31 heavy (non-hydrogen) atoms. The first-order valence-corrected chi connectivity index (χ1v) is 10.8. The summed E-state index contributed by atoms with van der Waals surface area (Å²) in [6.45, 7) is -2.47. The molecule has 2 heterocycles. The first kappa shape index (κ1) is 18.1. The van der Waals surface area contributed by atoms with Crippen molar-refractivity contribution in [1.29, 1.82) is 0 Å². The smallest absolute Gasteiger partial charge is 0.273 e. The molecule has 0 radical (unpaired) electrons. The average Bonchev–Trinajstić information content (AvgIpc) is 2.77. The SMILES string of the molecule is [2H]C([2H])([2H])NC(=O)c1nncc(NCc2ccc(OC)cc2)c1Nc1ncccc1S(C)(=O)=O. The van der Waals surface area contributed by atoms with Gasteiger partial charge in [0.25, 0.3) is 5.91 Å². The van der Waals surface area contributed by atoms with E-state index in [1.165, 1.54) is 24.5 Å². The zero-order valence-electron chi connectivity index (χ0n) is 19.7. The largest absolute Gasteiger partial charge is 0.497 e. The Morgan fingerprint density at radius 3 is 2.68 bits per heavy atom. The number of hydrogen-bond acceptors (Lipinski definition) is 9. The lowest BCUT2D eigenvalue weighted by molar-refractivity contribution is 0.0958. The summed E-state index contributed by atoms with van der Waals surface area (Å²) in [6.07, 6.45) is 3.71. The summed E-state index contributed by atoms with van der Waals surface area (Å²) in [5, 5.41) is 15.4. The number of carbonyl (C=O) groups is 1. The normalized spacial score (nSPS) is 12.8. The van der Waals surface area contributed by atoms with E-state index in [0.717, 1.165) is 11.8 Å². The van der Waals surface area contributed by atoms with Gasteiger partial charge in [0.05, 0.1) is 24.7 Å². The Balaban J connectivity index is 2.02. The lowest BCUT2D eigenvalue weighted by Gasteiger charge is -2.17. The zero-order chi connectivity index (χ0) is 24.9. The van der Waals surface area contributed by atoms with Gasteiger partial charge in [-0.2, -0.15) is 5.10 Å². The van der Waals surface area contributed by atoms with E-state index in [-0.39, 0.29) is 27.8 Å². The number of carbonyl (C=O) groups excluding carboxylic acids is 1. The van der Waals surface area contributed by atoms with Crippen LogP contribution in [-0.2, 0) is 16.4 Å². The highest BCUT2D eigenvalue weighted by Crippen LogP contribution is 2.30. The van der Waals surface area contributed by atoms with Crippen LogP contribution in [0.5, 0.6) is 5.75 Å². The van der Waals surface area contributed by atoms with Crippen LogP contribution in [0.3, 0.4) is 0 Å². The minimum Gasteiger partial charge on any atom is -0.497 e. The summed E-state index contributed by atoms with van der Waals surface area (Å²) in [7, 11) is -2.12. The van der Waals surface area contributed by atoms with E-state index in [1.54, 1.807) is 19.2 Å². The van der Waals surface area contributed by atoms with E-state index < -0.39 is 22.7 Å². The Bertz CT molecular complexity index is 1280. The fourth-order valence-electron chi connectivity index (χ4n) is 2.71. The van der Waals surface area contributed by atoms with Gasteiger partial charge in [-0.15, -0.1) is 5.10 Å². The first-order chi connectivity index (χ1) is 16.0. The third-order valence-corrected chi connectivity index (χ3v) is 5.36. The number of pyridine rings is 1. The molecule has 162 valence electrons. The van der Waals surface area contributed by atoms with Crippen molar-refractivity contribution in [1.82, 2.24) is 20.5 Å². The van der Waals surface area contributed by atoms with Crippen molar-refractivity contribution in [2.45, 2.75) is 11.4 Å². The number of methoxy groups -OCH3 is 1. The van der Waals surface area contributed by atoms with Gasteiger partial charge in [-0.1, -0.05) is 12.1 Å². The molecular formula is C20H22N6O4S. The number of rotatable bonds is 8. The molecule has 0 spiro atoms. The van der Waals surface area contributed by atoms with E-state index >= 15 is 0 Å². The first-order valence-electron chi connectivity index (χ1n) is 10.4. The minimum atomic E-state index is -3.67. The van der Waals surface area contributed by atoms with Gasteiger partial charge in [-0.3, -0.25) is 4.79 Å². The Morgan fingerprint density at radius 2 is 2.00 bits per heavy atom. The molecule has 1 amide bonds. The number of amides is 1. The molecule has 0 aliphatic heterocycles. The second kappa shape index (κ2) is 9.39. The van der Waals surface area contributed by atoms with Crippen LogP contribution in [0.4, 0.5) is 17.2 Å². The van der Waals surface area contributed by atoms with E-state index in [0.29, 0.717) is 12.3 Å². The van der Waals surface area contributed by atoms with Gasteiger partial charge in [0.2, 0.25) is 0 Å². The highest BCUT2D eigenvalue weighted by molar-refractivity contribution is 7.90. The van der Waals surface area contributed by atoms with E-state index in [2.05, 4.69) is 25.8 Å². The number of nitrogens with one attached hydrogen (secondary N) is 3. The molecule has 11 heteroatoms. The van der Waals surface area contributed by atoms with Crippen LogP contribution < -0.4 is 20.7 Å². The van der Waals surface area contributed by atoms with Crippen molar-refractivity contribution in [2.75, 3.05) is 31.0 Å². The molecule has 10 nitrogen and oxygen atoms in total.